The van der Waals surface area contributed by atoms with Crippen molar-refractivity contribution in [2.75, 3.05) is 6.54 Å². The van der Waals surface area contributed by atoms with Crippen molar-refractivity contribution < 1.29 is 4.79 Å². The number of carbonyl (C=O) groups excluding carboxylic acids is 1. The first-order chi connectivity index (χ1) is 6.61. The van der Waals surface area contributed by atoms with Crippen molar-refractivity contribution in [2.24, 2.45) is 11.3 Å². The van der Waals surface area contributed by atoms with Gasteiger partial charge in [0, 0.05) is 12.0 Å². The van der Waals surface area contributed by atoms with Crippen molar-refractivity contribution >= 4 is 5.91 Å². The number of carbonyl (C=O) groups is 1. The number of nitrogens with one attached hydrogen (secondary N) is 1. The van der Waals surface area contributed by atoms with E-state index < -0.39 is 0 Å². The molecule has 0 radical (unpaired) electrons. The maximum Gasteiger partial charge on any atom is 0.226 e. The minimum absolute atomic E-state index is 0.0679. The van der Waals surface area contributed by atoms with E-state index in [1.165, 1.54) is 0 Å². The topological polar surface area (TPSA) is 29.1 Å². The highest BCUT2D eigenvalue weighted by atomic mass is 16.2. The molecule has 0 aromatic rings. The predicted molar refractivity (Wildman–Crippen MR) is 61.1 cm³/mol. The van der Waals surface area contributed by atoms with Gasteiger partial charge in [-0.25, -0.2) is 0 Å². The van der Waals surface area contributed by atoms with Gasteiger partial charge in [-0.3, -0.25) is 4.79 Å². The van der Waals surface area contributed by atoms with Gasteiger partial charge in [-0.1, -0.05) is 39.8 Å². The molecule has 0 saturated heterocycles. The molecule has 1 saturated carbocycles. The maximum absolute atomic E-state index is 11.5. The van der Waals surface area contributed by atoms with Crippen LogP contribution in [0.2, 0.25) is 0 Å². The summed E-state index contributed by atoms with van der Waals surface area (Å²) in [6, 6.07) is 0. The van der Waals surface area contributed by atoms with Gasteiger partial charge in [0.25, 0.3) is 0 Å². The van der Waals surface area contributed by atoms with Gasteiger partial charge in [-0.2, -0.15) is 0 Å². The lowest BCUT2D eigenvalue weighted by Gasteiger charge is -2.08. The second-order valence-electron chi connectivity index (χ2n) is 3.80. The normalized spacial score (nSPS) is 29.4. The minimum atomic E-state index is -0.0679. The number of hydrogen-bond acceptors (Lipinski definition) is 1. The second-order valence-corrected chi connectivity index (χ2v) is 3.80. The van der Waals surface area contributed by atoms with Crippen LogP contribution in [-0.2, 0) is 4.79 Å². The Balaban J connectivity index is 0.000000791. The molecule has 14 heavy (non-hydrogen) atoms. The van der Waals surface area contributed by atoms with E-state index in [4.69, 9.17) is 0 Å². The molecule has 1 rings (SSSR count). The average Bonchev–Trinajstić information content (AvgIpc) is 2.80. The van der Waals surface area contributed by atoms with Crippen molar-refractivity contribution in [1.29, 1.82) is 0 Å². The lowest BCUT2D eigenvalue weighted by molar-refractivity contribution is -0.125. The highest BCUT2D eigenvalue weighted by Crippen LogP contribution is 2.51. The Labute approximate surface area is 87.8 Å². The molecule has 0 spiro atoms. The van der Waals surface area contributed by atoms with Gasteiger partial charge in [0.05, 0.1) is 0 Å². The van der Waals surface area contributed by atoms with E-state index in [1.54, 1.807) is 0 Å². The van der Waals surface area contributed by atoms with Gasteiger partial charge >= 0.3 is 0 Å². The first-order valence-corrected chi connectivity index (χ1v) is 5.50. The molecular weight excluding hydrogens is 174 g/mol. The molecule has 1 N–H and O–H groups in total. The molecule has 1 fully saturated rings. The van der Waals surface area contributed by atoms with Gasteiger partial charge in [0.15, 0.2) is 0 Å². The molecule has 1 amide bonds. The monoisotopic (exact) mass is 197 g/mol. The molecule has 0 bridgehead atoms. The molecule has 2 nitrogen and oxygen atoms in total. The summed E-state index contributed by atoms with van der Waals surface area (Å²) in [7, 11) is 0. The molecular formula is C12H23NO. The van der Waals surface area contributed by atoms with Crippen molar-refractivity contribution in [3.05, 3.63) is 12.2 Å². The summed E-state index contributed by atoms with van der Waals surface area (Å²) in [6.45, 7) is 10.8. The molecule has 0 aromatic heterocycles. The van der Waals surface area contributed by atoms with E-state index in [1.807, 2.05) is 39.8 Å². The Hall–Kier alpha value is -0.790. The number of hydrogen-bond donors (Lipinski definition) is 1. The predicted octanol–water partition coefficient (Wildman–Crippen LogP) is 2.75. The molecule has 0 heterocycles. The van der Waals surface area contributed by atoms with Gasteiger partial charge in [0.2, 0.25) is 5.91 Å². The largest absolute Gasteiger partial charge is 0.352 e. The van der Waals surface area contributed by atoms with Gasteiger partial charge in [-0.05, 0) is 19.3 Å². The first kappa shape index (κ1) is 13.2. The van der Waals surface area contributed by atoms with Crippen LogP contribution in [0.3, 0.4) is 0 Å². The standard InChI is InChI=1S/C10H17NO.C2H6/c1-4-5-6-11-9(12)10(3)7-8(10)2;1-2/h4-5,8H,6-7H2,1-3H3,(H,11,12);1-2H3/b5-4+;. The third-order valence-corrected chi connectivity index (χ3v) is 2.79. The van der Waals surface area contributed by atoms with Crippen LogP contribution in [0.5, 0.6) is 0 Å². The second kappa shape index (κ2) is 5.84. The summed E-state index contributed by atoms with van der Waals surface area (Å²) >= 11 is 0. The van der Waals surface area contributed by atoms with Crippen LogP contribution in [0.1, 0.15) is 41.0 Å². The third-order valence-electron chi connectivity index (χ3n) is 2.79. The fraction of sp³-hybridized carbons (Fsp3) is 0.750. The lowest BCUT2D eigenvalue weighted by Crippen LogP contribution is -2.31. The quantitative estimate of drug-likeness (QED) is 0.692. The first-order valence-electron chi connectivity index (χ1n) is 5.50. The molecule has 82 valence electrons. The summed E-state index contributed by atoms with van der Waals surface area (Å²) in [5, 5.41) is 2.89. The maximum atomic E-state index is 11.5. The highest BCUT2D eigenvalue weighted by Gasteiger charge is 2.52. The van der Waals surface area contributed by atoms with Crippen LogP contribution >= 0.6 is 0 Å². The number of amides is 1. The van der Waals surface area contributed by atoms with Crippen LogP contribution < -0.4 is 5.32 Å². The molecule has 2 atom stereocenters. The summed E-state index contributed by atoms with van der Waals surface area (Å²) in [5.41, 5.74) is -0.0679. The SMILES string of the molecule is C/C=C/CNC(=O)C1(C)CC1C.CC. The van der Waals surface area contributed by atoms with Crippen molar-refractivity contribution in [3.8, 4) is 0 Å². The molecule has 2 unspecified atom stereocenters. The summed E-state index contributed by atoms with van der Waals surface area (Å²) in [4.78, 5) is 11.5. The zero-order chi connectivity index (χ0) is 11.2. The molecule has 0 aliphatic heterocycles. The van der Waals surface area contributed by atoms with Crippen molar-refractivity contribution in [3.63, 3.8) is 0 Å². The Bertz CT molecular complexity index is 210. The fourth-order valence-corrected chi connectivity index (χ4v) is 1.37. The Kier molecular flexibility index (Phi) is 5.51. The van der Waals surface area contributed by atoms with Gasteiger partial charge < -0.3 is 5.32 Å². The molecule has 2 heteroatoms. The zero-order valence-corrected chi connectivity index (χ0v) is 10.1. The van der Waals surface area contributed by atoms with Gasteiger partial charge in [0.1, 0.15) is 0 Å². The Morgan fingerprint density at radius 3 is 2.43 bits per heavy atom. The van der Waals surface area contributed by atoms with E-state index in [2.05, 4.69) is 12.2 Å². The summed E-state index contributed by atoms with van der Waals surface area (Å²) < 4.78 is 0. The van der Waals surface area contributed by atoms with Gasteiger partial charge in [-0.15, -0.1) is 0 Å². The average molecular weight is 197 g/mol. The van der Waals surface area contributed by atoms with Crippen LogP contribution in [0.25, 0.3) is 0 Å². The van der Waals surface area contributed by atoms with E-state index in [-0.39, 0.29) is 11.3 Å². The smallest absolute Gasteiger partial charge is 0.226 e. The number of allylic oxidation sites excluding steroid dienone is 1. The molecule has 1 aliphatic rings. The fourth-order valence-electron chi connectivity index (χ4n) is 1.37. The lowest BCUT2D eigenvalue weighted by atomic mass is 10.1. The number of rotatable bonds is 3. The van der Waals surface area contributed by atoms with Crippen LogP contribution in [0.15, 0.2) is 12.2 Å². The Morgan fingerprint density at radius 1 is 1.57 bits per heavy atom. The molecule has 1 aliphatic carbocycles. The van der Waals surface area contributed by atoms with Crippen molar-refractivity contribution in [1.82, 2.24) is 5.32 Å². The zero-order valence-electron chi connectivity index (χ0n) is 10.1. The third kappa shape index (κ3) is 3.17. The van der Waals surface area contributed by atoms with E-state index in [0.717, 1.165) is 6.42 Å². The van der Waals surface area contributed by atoms with Crippen LogP contribution in [0.4, 0.5) is 0 Å². The van der Waals surface area contributed by atoms with Crippen LogP contribution in [-0.4, -0.2) is 12.5 Å². The summed E-state index contributed by atoms with van der Waals surface area (Å²) in [5.74, 6) is 0.760. The summed E-state index contributed by atoms with van der Waals surface area (Å²) in [6.07, 6.45) is 4.93. The molecule has 0 aromatic carbocycles. The van der Waals surface area contributed by atoms with E-state index in [0.29, 0.717) is 12.5 Å². The highest BCUT2D eigenvalue weighted by molar-refractivity contribution is 5.85. The van der Waals surface area contributed by atoms with Crippen LogP contribution in [0, 0.1) is 11.3 Å². The van der Waals surface area contributed by atoms with E-state index >= 15 is 0 Å². The Morgan fingerprint density at radius 2 is 2.07 bits per heavy atom. The van der Waals surface area contributed by atoms with E-state index in [9.17, 15) is 4.79 Å². The van der Waals surface area contributed by atoms with Crippen molar-refractivity contribution in [2.45, 2.75) is 41.0 Å². The minimum Gasteiger partial charge on any atom is -0.352 e.